The molecule has 78 valence electrons. The quantitative estimate of drug-likeness (QED) is 0.812. The fourth-order valence-electron chi connectivity index (χ4n) is 1.02. The van der Waals surface area contributed by atoms with Gasteiger partial charge in [0.25, 0.3) is 11.1 Å². The number of nitrogens with zero attached hydrogens (tertiary/aromatic N) is 3. The van der Waals surface area contributed by atoms with Crippen molar-refractivity contribution in [3.63, 3.8) is 0 Å². The first-order valence-corrected chi connectivity index (χ1v) is 5.09. The molecule has 0 aliphatic rings. The largest absolute Gasteiger partial charge is 0.268 e. The van der Waals surface area contributed by atoms with E-state index in [4.69, 9.17) is 11.6 Å². The molecule has 8 heteroatoms. The molecular weight excluding hydrogens is 240 g/mol. The van der Waals surface area contributed by atoms with Gasteiger partial charge in [0.15, 0.2) is 0 Å². The first kappa shape index (κ1) is 10.1. The summed E-state index contributed by atoms with van der Waals surface area (Å²) in [6.07, 6.45) is 0. The normalized spacial score (nSPS) is 10.5. The third-order valence-electron chi connectivity index (χ3n) is 1.71. The lowest BCUT2D eigenvalue weighted by Crippen LogP contribution is -2.28. The number of rotatable bonds is 2. The molecule has 0 aliphatic carbocycles. The summed E-state index contributed by atoms with van der Waals surface area (Å²) in [5.74, 6) is 0. The fraction of sp³-hybridized carbons (Fsp3) is 0.143. The molecule has 0 saturated heterocycles. The standard InChI is InChI=1S/C7H5ClN4O2S/c8-7-4(9-11-15-7)3-12-6(14)2-1-5(13)10-12/h1-2H,3H2,(H,10,13). The van der Waals surface area contributed by atoms with Crippen molar-refractivity contribution in [1.82, 2.24) is 19.4 Å². The van der Waals surface area contributed by atoms with Gasteiger partial charge in [0, 0.05) is 23.7 Å². The van der Waals surface area contributed by atoms with Crippen LogP contribution in [0, 0.1) is 0 Å². The maximum atomic E-state index is 11.3. The van der Waals surface area contributed by atoms with E-state index in [2.05, 4.69) is 14.7 Å². The Hall–Kier alpha value is -1.47. The monoisotopic (exact) mass is 244 g/mol. The van der Waals surface area contributed by atoms with Crippen LogP contribution in [0.4, 0.5) is 0 Å². The Morgan fingerprint density at radius 2 is 2.27 bits per heavy atom. The summed E-state index contributed by atoms with van der Waals surface area (Å²) < 4.78 is 5.16. The Labute approximate surface area is 92.3 Å². The molecule has 0 radical (unpaired) electrons. The van der Waals surface area contributed by atoms with Crippen LogP contribution in [-0.2, 0) is 6.54 Å². The topological polar surface area (TPSA) is 80.6 Å². The van der Waals surface area contributed by atoms with Gasteiger partial charge in [-0.1, -0.05) is 16.1 Å². The van der Waals surface area contributed by atoms with E-state index in [1.807, 2.05) is 0 Å². The summed E-state index contributed by atoms with van der Waals surface area (Å²) in [6.45, 7) is 0.115. The van der Waals surface area contributed by atoms with Gasteiger partial charge in [-0.25, -0.2) is 4.68 Å². The van der Waals surface area contributed by atoms with E-state index < -0.39 is 0 Å². The van der Waals surface area contributed by atoms with Crippen LogP contribution < -0.4 is 11.1 Å². The molecule has 0 bridgehead atoms. The fourth-order valence-corrected chi connectivity index (χ4v) is 1.63. The molecule has 0 fully saturated rings. The highest BCUT2D eigenvalue weighted by atomic mass is 35.5. The summed E-state index contributed by atoms with van der Waals surface area (Å²) >= 11 is 6.80. The lowest BCUT2D eigenvalue weighted by atomic mass is 10.5. The summed E-state index contributed by atoms with van der Waals surface area (Å²) in [5.41, 5.74) is -0.210. The van der Waals surface area contributed by atoms with Crippen LogP contribution in [0.1, 0.15) is 5.69 Å². The Morgan fingerprint density at radius 1 is 1.47 bits per heavy atom. The highest BCUT2D eigenvalue weighted by molar-refractivity contribution is 7.10. The van der Waals surface area contributed by atoms with Crippen molar-refractivity contribution in [2.75, 3.05) is 0 Å². The molecule has 6 nitrogen and oxygen atoms in total. The van der Waals surface area contributed by atoms with Gasteiger partial charge in [0.05, 0.1) is 6.54 Å². The molecule has 0 amide bonds. The van der Waals surface area contributed by atoms with Gasteiger partial charge in [-0.3, -0.25) is 14.7 Å². The third-order valence-corrected chi connectivity index (χ3v) is 2.69. The SMILES string of the molecule is O=c1ccc(=O)n(Cc2nnsc2Cl)[nH]1. The minimum absolute atomic E-state index is 0.115. The summed E-state index contributed by atoms with van der Waals surface area (Å²) in [5, 5.41) is 6.10. The van der Waals surface area contributed by atoms with Gasteiger partial charge >= 0.3 is 0 Å². The molecule has 0 aliphatic heterocycles. The van der Waals surface area contributed by atoms with Crippen molar-refractivity contribution < 1.29 is 0 Å². The lowest BCUT2D eigenvalue weighted by Gasteiger charge is -2.00. The molecule has 2 aromatic rings. The highest BCUT2D eigenvalue weighted by Crippen LogP contribution is 2.16. The van der Waals surface area contributed by atoms with Gasteiger partial charge < -0.3 is 0 Å². The van der Waals surface area contributed by atoms with Gasteiger partial charge in [-0.2, -0.15) is 0 Å². The van der Waals surface area contributed by atoms with Crippen molar-refractivity contribution in [2.45, 2.75) is 6.54 Å². The van der Waals surface area contributed by atoms with Crippen LogP contribution in [0.3, 0.4) is 0 Å². The van der Waals surface area contributed by atoms with Crippen molar-refractivity contribution >= 4 is 23.1 Å². The number of nitrogens with one attached hydrogen (secondary N) is 1. The van der Waals surface area contributed by atoms with E-state index in [9.17, 15) is 9.59 Å². The second-order valence-corrected chi connectivity index (χ2v) is 4.08. The Balaban J connectivity index is 2.40. The molecule has 2 rings (SSSR count). The summed E-state index contributed by atoms with van der Waals surface area (Å²) in [6, 6.07) is 2.35. The summed E-state index contributed by atoms with van der Waals surface area (Å²) in [4.78, 5) is 22.3. The molecule has 0 aromatic carbocycles. The molecule has 15 heavy (non-hydrogen) atoms. The highest BCUT2D eigenvalue weighted by Gasteiger charge is 2.07. The zero-order valence-corrected chi connectivity index (χ0v) is 8.88. The third kappa shape index (κ3) is 2.13. The average molecular weight is 245 g/mol. The first-order valence-electron chi connectivity index (χ1n) is 3.94. The maximum Gasteiger partial charge on any atom is 0.265 e. The smallest absolute Gasteiger partial charge is 0.265 e. The Bertz CT molecular complexity index is 587. The predicted molar refractivity (Wildman–Crippen MR) is 55.3 cm³/mol. The number of hydrogen-bond donors (Lipinski definition) is 1. The van der Waals surface area contributed by atoms with E-state index >= 15 is 0 Å². The zero-order chi connectivity index (χ0) is 10.8. The number of aromatic amines is 1. The van der Waals surface area contributed by atoms with E-state index in [1.165, 1.54) is 12.1 Å². The van der Waals surface area contributed by atoms with Crippen molar-refractivity contribution in [3.8, 4) is 0 Å². The van der Waals surface area contributed by atoms with Gasteiger partial charge in [-0.15, -0.1) is 5.10 Å². The number of aromatic nitrogens is 4. The van der Waals surface area contributed by atoms with Gasteiger partial charge in [0.1, 0.15) is 10.0 Å². The zero-order valence-electron chi connectivity index (χ0n) is 7.31. The molecule has 2 aromatic heterocycles. The van der Waals surface area contributed by atoms with Crippen molar-refractivity contribution in [1.29, 1.82) is 0 Å². The van der Waals surface area contributed by atoms with E-state index in [-0.39, 0.29) is 17.7 Å². The summed E-state index contributed by atoms with van der Waals surface area (Å²) in [7, 11) is 0. The molecule has 0 unspecified atom stereocenters. The van der Waals surface area contributed by atoms with Gasteiger partial charge in [-0.05, 0) is 0 Å². The number of hydrogen-bond acceptors (Lipinski definition) is 5. The van der Waals surface area contributed by atoms with Crippen LogP contribution in [0.2, 0.25) is 4.34 Å². The van der Waals surface area contributed by atoms with E-state index in [0.717, 1.165) is 16.2 Å². The van der Waals surface area contributed by atoms with Crippen molar-refractivity contribution in [2.24, 2.45) is 0 Å². The van der Waals surface area contributed by atoms with Crippen LogP contribution in [-0.4, -0.2) is 19.4 Å². The molecular formula is C7H5ClN4O2S. The predicted octanol–water partition coefficient (Wildman–Crippen LogP) is 0.0898. The molecule has 1 N–H and O–H groups in total. The molecule has 0 saturated carbocycles. The van der Waals surface area contributed by atoms with Gasteiger partial charge in [0.2, 0.25) is 0 Å². The maximum absolute atomic E-state index is 11.3. The molecule has 2 heterocycles. The minimum atomic E-state index is -0.353. The van der Waals surface area contributed by atoms with Crippen LogP contribution in [0.15, 0.2) is 21.7 Å². The minimum Gasteiger partial charge on any atom is -0.268 e. The van der Waals surface area contributed by atoms with E-state index in [0.29, 0.717) is 10.0 Å². The van der Waals surface area contributed by atoms with E-state index in [1.54, 1.807) is 0 Å². The average Bonchev–Trinajstić information content (AvgIpc) is 2.58. The second-order valence-electron chi connectivity index (χ2n) is 2.73. The van der Waals surface area contributed by atoms with Crippen LogP contribution >= 0.6 is 23.1 Å². The Kier molecular flexibility index (Phi) is 2.65. The van der Waals surface area contributed by atoms with Crippen LogP contribution in [0.5, 0.6) is 0 Å². The molecule has 0 atom stereocenters. The number of H-pyrrole nitrogens is 1. The number of halogens is 1. The molecule has 0 spiro atoms. The van der Waals surface area contributed by atoms with Crippen LogP contribution in [0.25, 0.3) is 0 Å². The first-order chi connectivity index (χ1) is 7.16. The van der Waals surface area contributed by atoms with Crippen molar-refractivity contribution in [3.05, 3.63) is 42.9 Å². The Morgan fingerprint density at radius 3 is 2.93 bits per heavy atom. The lowest BCUT2D eigenvalue weighted by molar-refractivity contribution is 0.616. The second kappa shape index (κ2) is 3.95.